The Bertz CT molecular complexity index is 1040. The number of amides is 1. The van der Waals surface area contributed by atoms with Crippen LogP contribution in [0.5, 0.6) is 5.75 Å². The molecule has 30 heavy (non-hydrogen) atoms. The van der Waals surface area contributed by atoms with Crippen molar-refractivity contribution in [1.82, 2.24) is 9.88 Å². The molecule has 0 aliphatic carbocycles. The summed E-state index contributed by atoms with van der Waals surface area (Å²) in [7, 11) is 1.50. The molecule has 1 amide bonds. The predicted molar refractivity (Wildman–Crippen MR) is 110 cm³/mol. The first-order chi connectivity index (χ1) is 14.2. The van der Waals surface area contributed by atoms with E-state index >= 15 is 0 Å². The molecule has 3 rings (SSSR count). The van der Waals surface area contributed by atoms with Crippen molar-refractivity contribution in [2.24, 2.45) is 0 Å². The first-order valence-corrected chi connectivity index (χ1v) is 10.1. The van der Waals surface area contributed by atoms with Crippen LogP contribution in [0.4, 0.5) is 0 Å². The van der Waals surface area contributed by atoms with Gasteiger partial charge in [-0.25, -0.2) is 4.98 Å². The SMILES string of the molecule is COCCN1C(=O)C(O)=C(C(=O)c2sc(C)nc2C)C1c1cccc(OC(C)=O)c1. The molecule has 0 saturated carbocycles. The Morgan fingerprint density at radius 3 is 2.63 bits per heavy atom. The Morgan fingerprint density at radius 1 is 1.30 bits per heavy atom. The highest BCUT2D eigenvalue weighted by Gasteiger charge is 2.44. The van der Waals surface area contributed by atoms with Crippen molar-refractivity contribution in [3.8, 4) is 5.75 Å². The second-order valence-corrected chi connectivity index (χ2v) is 8.00. The van der Waals surface area contributed by atoms with Crippen LogP contribution in [0.15, 0.2) is 35.6 Å². The molecule has 8 nitrogen and oxygen atoms in total. The van der Waals surface area contributed by atoms with Crippen molar-refractivity contribution in [1.29, 1.82) is 0 Å². The van der Waals surface area contributed by atoms with E-state index < -0.39 is 29.5 Å². The van der Waals surface area contributed by atoms with E-state index in [-0.39, 0.29) is 24.5 Å². The number of aliphatic hydroxyl groups excluding tert-OH is 1. The molecule has 1 aliphatic rings. The van der Waals surface area contributed by atoms with Crippen molar-refractivity contribution in [3.05, 3.63) is 56.7 Å². The minimum atomic E-state index is -0.850. The number of aliphatic hydroxyl groups is 1. The maximum atomic E-state index is 13.4. The second kappa shape index (κ2) is 8.76. The van der Waals surface area contributed by atoms with Crippen LogP contribution in [0.2, 0.25) is 0 Å². The summed E-state index contributed by atoms with van der Waals surface area (Å²) >= 11 is 1.21. The van der Waals surface area contributed by atoms with E-state index in [0.29, 0.717) is 21.1 Å². The average Bonchev–Trinajstić information content (AvgIpc) is 3.15. The molecule has 9 heteroatoms. The van der Waals surface area contributed by atoms with Gasteiger partial charge in [-0.2, -0.15) is 0 Å². The minimum Gasteiger partial charge on any atom is -0.503 e. The van der Waals surface area contributed by atoms with Gasteiger partial charge in [0.15, 0.2) is 5.76 Å². The van der Waals surface area contributed by atoms with Crippen LogP contribution in [-0.4, -0.2) is 52.9 Å². The zero-order chi connectivity index (χ0) is 22.0. The number of hydrogen-bond donors (Lipinski definition) is 1. The maximum Gasteiger partial charge on any atom is 0.308 e. The smallest absolute Gasteiger partial charge is 0.308 e. The number of methoxy groups -OCH3 is 1. The summed E-state index contributed by atoms with van der Waals surface area (Å²) in [5.41, 5.74) is 1.05. The van der Waals surface area contributed by atoms with E-state index in [4.69, 9.17) is 9.47 Å². The lowest BCUT2D eigenvalue weighted by Gasteiger charge is -2.26. The molecule has 0 saturated heterocycles. The molecule has 0 fully saturated rings. The number of nitrogens with zero attached hydrogens (tertiary/aromatic N) is 2. The van der Waals surface area contributed by atoms with Crippen molar-refractivity contribution >= 4 is 29.0 Å². The molecule has 0 radical (unpaired) electrons. The van der Waals surface area contributed by atoms with Gasteiger partial charge in [0, 0.05) is 20.6 Å². The van der Waals surface area contributed by atoms with Gasteiger partial charge in [-0.15, -0.1) is 11.3 Å². The topological polar surface area (TPSA) is 106 Å². The van der Waals surface area contributed by atoms with Gasteiger partial charge < -0.3 is 19.5 Å². The van der Waals surface area contributed by atoms with Crippen LogP contribution in [0, 0.1) is 13.8 Å². The quantitative estimate of drug-likeness (QED) is 0.409. The van der Waals surface area contributed by atoms with E-state index in [1.807, 2.05) is 0 Å². The van der Waals surface area contributed by atoms with Gasteiger partial charge >= 0.3 is 5.97 Å². The average molecular weight is 430 g/mol. The zero-order valence-corrected chi connectivity index (χ0v) is 17.9. The number of Topliss-reactive ketones (excluding diaryl/α,β-unsaturated/α-hetero) is 1. The number of esters is 1. The fourth-order valence-electron chi connectivity index (χ4n) is 3.43. The highest BCUT2D eigenvalue weighted by atomic mass is 32.1. The third-order valence-corrected chi connectivity index (χ3v) is 5.70. The number of ether oxygens (including phenoxy) is 2. The molecule has 1 N–H and O–H groups in total. The molecule has 1 atom stereocenters. The largest absolute Gasteiger partial charge is 0.503 e. The first-order valence-electron chi connectivity index (χ1n) is 9.24. The molecule has 2 heterocycles. The molecule has 158 valence electrons. The van der Waals surface area contributed by atoms with E-state index in [0.717, 1.165) is 0 Å². The fourth-order valence-corrected chi connectivity index (χ4v) is 4.30. The van der Waals surface area contributed by atoms with Gasteiger partial charge in [0.1, 0.15) is 5.75 Å². The van der Waals surface area contributed by atoms with E-state index in [9.17, 15) is 19.5 Å². The van der Waals surface area contributed by atoms with Crippen LogP contribution >= 0.6 is 11.3 Å². The zero-order valence-electron chi connectivity index (χ0n) is 17.1. The van der Waals surface area contributed by atoms with Crippen LogP contribution in [0.1, 0.15) is 38.9 Å². The van der Waals surface area contributed by atoms with Crippen LogP contribution < -0.4 is 4.74 Å². The van der Waals surface area contributed by atoms with E-state index in [2.05, 4.69) is 4.98 Å². The summed E-state index contributed by atoms with van der Waals surface area (Å²) in [4.78, 5) is 43.5. The Morgan fingerprint density at radius 2 is 2.03 bits per heavy atom. The third-order valence-electron chi connectivity index (χ3n) is 4.63. The Labute approximate surface area is 177 Å². The number of aryl methyl sites for hydroxylation is 2. The molecular formula is C21H22N2O6S. The lowest BCUT2D eigenvalue weighted by atomic mass is 9.95. The second-order valence-electron chi connectivity index (χ2n) is 6.80. The van der Waals surface area contributed by atoms with Crippen molar-refractivity contribution in [2.75, 3.05) is 20.3 Å². The maximum absolute atomic E-state index is 13.4. The van der Waals surface area contributed by atoms with Crippen molar-refractivity contribution < 1.29 is 29.0 Å². The Kier molecular flexibility index (Phi) is 6.33. The predicted octanol–water partition coefficient (Wildman–Crippen LogP) is 2.91. The lowest BCUT2D eigenvalue weighted by Crippen LogP contribution is -2.34. The van der Waals surface area contributed by atoms with Gasteiger partial charge in [-0.3, -0.25) is 14.4 Å². The summed E-state index contributed by atoms with van der Waals surface area (Å²) < 4.78 is 10.2. The number of ketones is 1. The summed E-state index contributed by atoms with van der Waals surface area (Å²) in [6.07, 6.45) is 0. The van der Waals surface area contributed by atoms with Gasteiger partial charge in [0.2, 0.25) is 5.78 Å². The molecule has 1 unspecified atom stereocenters. The minimum absolute atomic E-state index is 0.0252. The number of rotatable bonds is 7. The molecule has 0 spiro atoms. The van der Waals surface area contributed by atoms with Gasteiger partial charge in [-0.1, -0.05) is 12.1 Å². The fraction of sp³-hybridized carbons (Fsp3) is 0.333. The number of benzene rings is 1. The first kappa shape index (κ1) is 21.7. The summed E-state index contributed by atoms with van der Waals surface area (Å²) in [6.45, 7) is 5.17. The number of carbonyl (C=O) groups excluding carboxylic acids is 3. The Hall–Kier alpha value is -3.04. The van der Waals surface area contributed by atoms with Crippen LogP contribution in [-0.2, 0) is 14.3 Å². The number of thiazole rings is 1. The van der Waals surface area contributed by atoms with Gasteiger partial charge in [0.25, 0.3) is 5.91 Å². The summed E-state index contributed by atoms with van der Waals surface area (Å²) in [6, 6.07) is 5.70. The third kappa shape index (κ3) is 4.12. The molecule has 1 aromatic carbocycles. The molecule has 1 aromatic heterocycles. The lowest BCUT2D eigenvalue weighted by molar-refractivity contribution is -0.132. The summed E-state index contributed by atoms with van der Waals surface area (Å²) in [5.74, 6) is -1.91. The number of aromatic nitrogens is 1. The van der Waals surface area contributed by atoms with Crippen molar-refractivity contribution in [3.63, 3.8) is 0 Å². The normalized spacial score (nSPS) is 16.3. The van der Waals surface area contributed by atoms with Crippen molar-refractivity contribution in [2.45, 2.75) is 26.8 Å². The van der Waals surface area contributed by atoms with E-state index in [1.54, 1.807) is 38.1 Å². The standard InChI is InChI=1S/C21H22N2O6S/c1-11-20(30-12(2)22-11)18(25)16-17(23(8-9-28-4)21(27)19(16)26)14-6-5-7-15(10-14)29-13(3)24/h5-7,10,17,26H,8-9H2,1-4H3. The summed E-state index contributed by atoms with van der Waals surface area (Å²) in [5, 5.41) is 11.3. The molecule has 2 aromatic rings. The Balaban J connectivity index is 2.10. The molecule has 0 bridgehead atoms. The molecular weight excluding hydrogens is 408 g/mol. The van der Waals surface area contributed by atoms with Gasteiger partial charge in [0.05, 0.1) is 33.8 Å². The van der Waals surface area contributed by atoms with Crippen LogP contribution in [0.3, 0.4) is 0 Å². The highest BCUT2D eigenvalue weighted by Crippen LogP contribution is 2.40. The number of carbonyl (C=O) groups is 3. The van der Waals surface area contributed by atoms with Crippen LogP contribution in [0.25, 0.3) is 0 Å². The highest BCUT2D eigenvalue weighted by molar-refractivity contribution is 7.14. The molecule has 1 aliphatic heterocycles. The monoisotopic (exact) mass is 430 g/mol. The van der Waals surface area contributed by atoms with Gasteiger partial charge in [-0.05, 0) is 31.5 Å². The van der Waals surface area contributed by atoms with E-state index in [1.165, 1.54) is 30.3 Å². The number of hydrogen-bond acceptors (Lipinski definition) is 8.